The first-order valence-corrected chi connectivity index (χ1v) is 6.55. The van der Waals surface area contributed by atoms with E-state index >= 15 is 0 Å². The summed E-state index contributed by atoms with van der Waals surface area (Å²) in [4.78, 5) is 35.1. The van der Waals surface area contributed by atoms with E-state index in [1.54, 1.807) is 13.8 Å². The average Bonchev–Trinajstić information content (AvgIpc) is 2.66. The van der Waals surface area contributed by atoms with Crippen molar-refractivity contribution in [3.05, 3.63) is 16.0 Å². The molecular formula is C12H16N2O4S. The van der Waals surface area contributed by atoms with Crippen LogP contribution in [-0.2, 0) is 9.53 Å². The van der Waals surface area contributed by atoms with Crippen LogP contribution in [0, 0.1) is 6.92 Å². The van der Waals surface area contributed by atoms with Gasteiger partial charge in [0.2, 0.25) is 5.91 Å². The van der Waals surface area contributed by atoms with E-state index in [2.05, 4.69) is 5.32 Å². The van der Waals surface area contributed by atoms with Crippen LogP contribution in [0.4, 0.5) is 5.00 Å². The smallest absolute Gasteiger partial charge is 0.341 e. The third-order valence-electron chi connectivity index (χ3n) is 2.38. The van der Waals surface area contributed by atoms with Crippen LogP contribution in [0.2, 0.25) is 0 Å². The van der Waals surface area contributed by atoms with Gasteiger partial charge in [-0.25, -0.2) is 4.79 Å². The van der Waals surface area contributed by atoms with Gasteiger partial charge in [0.05, 0.1) is 23.6 Å². The predicted molar refractivity (Wildman–Crippen MR) is 72.7 cm³/mol. The number of anilines is 1. The zero-order valence-electron chi connectivity index (χ0n) is 11.0. The number of Topliss-reactive ketones (excluding diaryl/α,β-unsaturated/α-hetero) is 1. The summed E-state index contributed by atoms with van der Waals surface area (Å²) in [7, 11) is 0. The number of nitrogens with two attached hydrogens (primary N) is 1. The molecule has 19 heavy (non-hydrogen) atoms. The zero-order valence-corrected chi connectivity index (χ0v) is 11.8. The number of hydrogen-bond donors (Lipinski definition) is 2. The van der Waals surface area contributed by atoms with Crippen LogP contribution in [0.3, 0.4) is 0 Å². The zero-order chi connectivity index (χ0) is 14.6. The summed E-state index contributed by atoms with van der Waals surface area (Å²) in [5.41, 5.74) is 5.96. The lowest BCUT2D eigenvalue weighted by Gasteiger charge is -2.05. The molecule has 0 spiro atoms. The van der Waals surface area contributed by atoms with Crippen LogP contribution in [0.1, 0.15) is 39.4 Å². The summed E-state index contributed by atoms with van der Waals surface area (Å²) in [6.45, 7) is 4.76. The Morgan fingerprint density at radius 1 is 1.37 bits per heavy atom. The third kappa shape index (κ3) is 3.39. The van der Waals surface area contributed by atoms with E-state index in [4.69, 9.17) is 10.5 Å². The molecule has 0 aliphatic carbocycles. The fourth-order valence-electron chi connectivity index (χ4n) is 1.56. The molecule has 0 radical (unpaired) electrons. The summed E-state index contributed by atoms with van der Waals surface area (Å²) < 4.78 is 4.93. The Kier molecular flexibility index (Phi) is 5.20. The molecule has 1 heterocycles. The molecule has 0 saturated heterocycles. The van der Waals surface area contributed by atoms with Crippen molar-refractivity contribution in [2.75, 3.05) is 18.5 Å². The van der Waals surface area contributed by atoms with E-state index in [9.17, 15) is 14.4 Å². The molecule has 0 atom stereocenters. The summed E-state index contributed by atoms with van der Waals surface area (Å²) in [6, 6.07) is 0. The number of esters is 1. The highest BCUT2D eigenvalue weighted by molar-refractivity contribution is 7.18. The Balaban J connectivity index is 3.26. The standard InChI is InChI=1S/C12H16N2O4S/c1-4-18-12(17)9-6(2)10(7(3)15)19-11(9)14-8(16)5-13/h4-5,13H2,1-3H3,(H,14,16). The van der Waals surface area contributed by atoms with Crippen molar-refractivity contribution in [1.29, 1.82) is 0 Å². The lowest BCUT2D eigenvalue weighted by atomic mass is 10.1. The molecule has 0 aromatic carbocycles. The SMILES string of the molecule is CCOC(=O)c1c(NC(=O)CN)sc(C(C)=O)c1C. The van der Waals surface area contributed by atoms with Gasteiger partial charge >= 0.3 is 5.97 Å². The van der Waals surface area contributed by atoms with E-state index in [0.29, 0.717) is 15.4 Å². The molecule has 6 nitrogen and oxygen atoms in total. The van der Waals surface area contributed by atoms with Crippen molar-refractivity contribution >= 4 is 34.0 Å². The van der Waals surface area contributed by atoms with E-state index in [-0.39, 0.29) is 24.5 Å². The second kappa shape index (κ2) is 6.44. The van der Waals surface area contributed by atoms with Crippen LogP contribution in [0.5, 0.6) is 0 Å². The Bertz CT molecular complexity index is 522. The third-order valence-corrected chi connectivity index (χ3v) is 3.69. The summed E-state index contributed by atoms with van der Waals surface area (Å²) >= 11 is 1.05. The second-order valence-electron chi connectivity index (χ2n) is 3.79. The number of thiophene rings is 1. The van der Waals surface area contributed by atoms with E-state index < -0.39 is 11.9 Å². The summed E-state index contributed by atoms with van der Waals surface area (Å²) in [5.74, 6) is -1.15. The van der Waals surface area contributed by atoms with Crippen molar-refractivity contribution in [3.63, 3.8) is 0 Å². The first-order valence-electron chi connectivity index (χ1n) is 5.73. The lowest BCUT2D eigenvalue weighted by molar-refractivity contribution is -0.114. The quantitative estimate of drug-likeness (QED) is 0.628. The molecule has 1 aromatic rings. The normalized spacial score (nSPS) is 10.1. The number of nitrogens with one attached hydrogen (secondary N) is 1. The molecule has 0 aliphatic heterocycles. The molecule has 104 valence electrons. The molecule has 7 heteroatoms. The number of ketones is 1. The minimum absolute atomic E-state index is 0.165. The van der Waals surface area contributed by atoms with Crippen LogP contribution >= 0.6 is 11.3 Å². The van der Waals surface area contributed by atoms with Gasteiger partial charge in [0.15, 0.2) is 5.78 Å². The monoisotopic (exact) mass is 284 g/mol. The fourth-order valence-corrected chi connectivity index (χ4v) is 2.67. The van der Waals surface area contributed by atoms with Gasteiger partial charge in [0.25, 0.3) is 0 Å². The molecule has 0 aliphatic rings. The van der Waals surface area contributed by atoms with Crippen LogP contribution in [0.15, 0.2) is 0 Å². The minimum Gasteiger partial charge on any atom is -0.462 e. The van der Waals surface area contributed by atoms with Crippen molar-refractivity contribution in [2.45, 2.75) is 20.8 Å². The molecule has 1 rings (SSSR count). The minimum atomic E-state index is -0.559. The molecule has 0 unspecified atom stereocenters. The van der Waals surface area contributed by atoms with Gasteiger partial charge in [-0.2, -0.15) is 0 Å². The number of ether oxygens (including phenoxy) is 1. The van der Waals surface area contributed by atoms with Crippen LogP contribution in [-0.4, -0.2) is 30.8 Å². The Labute approximate surface area is 114 Å². The molecule has 1 aromatic heterocycles. The van der Waals surface area contributed by atoms with Gasteiger partial charge in [0.1, 0.15) is 5.00 Å². The van der Waals surface area contributed by atoms with Gasteiger partial charge in [-0.15, -0.1) is 11.3 Å². The maximum atomic E-state index is 11.9. The van der Waals surface area contributed by atoms with Crippen molar-refractivity contribution in [3.8, 4) is 0 Å². The Hall–Kier alpha value is -1.73. The van der Waals surface area contributed by atoms with Crippen molar-refractivity contribution in [2.24, 2.45) is 5.73 Å². The number of carbonyl (C=O) groups excluding carboxylic acids is 3. The van der Waals surface area contributed by atoms with Crippen molar-refractivity contribution < 1.29 is 19.1 Å². The predicted octanol–water partition coefficient (Wildman–Crippen LogP) is 1.33. The van der Waals surface area contributed by atoms with E-state index in [0.717, 1.165) is 11.3 Å². The highest BCUT2D eigenvalue weighted by Crippen LogP contribution is 2.33. The maximum absolute atomic E-state index is 11.9. The lowest BCUT2D eigenvalue weighted by Crippen LogP contribution is -2.22. The van der Waals surface area contributed by atoms with E-state index in [1.807, 2.05) is 0 Å². The highest BCUT2D eigenvalue weighted by atomic mass is 32.1. The molecule has 0 fully saturated rings. The molecule has 1 amide bonds. The van der Waals surface area contributed by atoms with Gasteiger partial charge in [-0.05, 0) is 26.3 Å². The summed E-state index contributed by atoms with van der Waals surface area (Å²) in [5, 5.41) is 2.82. The van der Waals surface area contributed by atoms with Crippen LogP contribution < -0.4 is 11.1 Å². The molecule has 0 saturated carbocycles. The van der Waals surface area contributed by atoms with E-state index in [1.165, 1.54) is 6.92 Å². The van der Waals surface area contributed by atoms with Gasteiger partial charge in [-0.1, -0.05) is 0 Å². The first-order chi connectivity index (χ1) is 8.92. The maximum Gasteiger partial charge on any atom is 0.341 e. The summed E-state index contributed by atoms with van der Waals surface area (Å²) in [6.07, 6.45) is 0. The topological polar surface area (TPSA) is 98.5 Å². The number of amides is 1. The van der Waals surface area contributed by atoms with Crippen molar-refractivity contribution in [1.82, 2.24) is 0 Å². The number of rotatable bonds is 5. The number of hydrogen-bond acceptors (Lipinski definition) is 6. The van der Waals surface area contributed by atoms with Gasteiger partial charge < -0.3 is 15.8 Å². The Morgan fingerprint density at radius 2 is 2.00 bits per heavy atom. The fraction of sp³-hybridized carbons (Fsp3) is 0.417. The second-order valence-corrected chi connectivity index (χ2v) is 4.81. The van der Waals surface area contributed by atoms with Gasteiger partial charge in [0, 0.05) is 0 Å². The Morgan fingerprint density at radius 3 is 2.47 bits per heavy atom. The largest absolute Gasteiger partial charge is 0.462 e. The average molecular weight is 284 g/mol. The highest BCUT2D eigenvalue weighted by Gasteiger charge is 2.24. The molecule has 0 bridgehead atoms. The van der Waals surface area contributed by atoms with Gasteiger partial charge in [-0.3, -0.25) is 9.59 Å². The molecular weight excluding hydrogens is 268 g/mol. The number of carbonyl (C=O) groups is 3. The molecule has 3 N–H and O–H groups in total. The first kappa shape index (κ1) is 15.3. The van der Waals surface area contributed by atoms with Crippen LogP contribution in [0.25, 0.3) is 0 Å².